The van der Waals surface area contributed by atoms with Gasteiger partial charge in [0.25, 0.3) is 0 Å². The summed E-state index contributed by atoms with van der Waals surface area (Å²) in [5.41, 5.74) is 4.98. The van der Waals surface area contributed by atoms with Crippen LogP contribution in [0.4, 0.5) is 14.6 Å². The minimum absolute atomic E-state index is 0.120. The van der Waals surface area contributed by atoms with E-state index in [1.165, 1.54) is 13.0 Å². The number of aryl methyl sites for hydroxylation is 1. The van der Waals surface area contributed by atoms with Gasteiger partial charge in [0.1, 0.15) is 0 Å². The third-order valence-electron chi connectivity index (χ3n) is 1.90. The highest BCUT2D eigenvalue weighted by atomic mass is 19.3. The van der Waals surface area contributed by atoms with Crippen LogP contribution in [0.5, 0.6) is 0 Å². The van der Waals surface area contributed by atoms with Crippen LogP contribution in [0.25, 0.3) is 0 Å². The molecule has 5 nitrogen and oxygen atoms in total. The lowest BCUT2D eigenvalue weighted by Gasteiger charge is -2.04. The van der Waals surface area contributed by atoms with E-state index < -0.39 is 22.9 Å². The molecule has 0 aliphatic carbocycles. The molecule has 15 heavy (non-hydrogen) atoms. The van der Waals surface area contributed by atoms with E-state index in [1.807, 2.05) is 0 Å². The van der Waals surface area contributed by atoms with Gasteiger partial charge >= 0.3 is 12.2 Å². The van der Waals surface area contributed by atoms with Gasteiger partial charge in [-0.1, -0.05) is 0 Å². The van der Waals surface area contributed by atoms with Gasteiger partial charge in [-0.25, -0.2) is 8.78 Å². The highest BCUT2D eigenvalue weighted by Gasteiger charge is 2.24. The predicted octanol–water partition coefficient (Wildman–Crippen LogP) is 1.69. The largest absolute Gasteiger partial charge is 0.366 e. The Kier molecular flexibility index (Phi) is 3.25. The molecule has 0 amide bonds. The Bertz CT molecular complexity index is 396. The molecular formula is C8H9F2N3O2. The second-order valence-corrected chi connectivity index (χ2v) is 2.94. The van der Waals surface area contributed by atoms with Crippen LogP contribution in [0.2, 0.25) is 0 Å². The van der Waals surface area contributed by atoms with E-state index in [-0.39, 0.29) is 17.7 Å². The van der Waals surface area contributed by atoms with Crippen molar-refractivity contribution in [3.05, 3.63) is 33.0 Å². The summed E-state index contributed by atoms with van der Waals surface area (Å²) in [5.74, 6) is -0.553. The molecule has 0 aliphatic heterocycles. The molecule has 1 rings (SSSR count). The number of aromatic nitrogens is 1. The molecule has 1 aromatic rings. The van der Waals surface area contributed by atoms with E-state index in [4.69, 9.17) is 5.73 Å². The summed E-state index contributed by atoms with van der Waals surface area (Å²) in [5, 5.41) is 10.5. The first kappa shape index (κ1) is 11.4. The van der Waals surface area contributed by atoms with E-state index >= 15 is 0 Å². The number of nitro groups is 1. The summed E-state index contributed by atoms with van der Waals surface area (Å²) in [6.45, 7) is 1.31. The van der Waals surface area contributed by atoms with Gasteiger partial charge in [0.15, 0.2) is 0 Å². The summed E-state index contributed by atoms with van der Waals surface area (Å²) in [7, 11) is 0. The number of halogens is 2. The average molecular weight is 217 g/mol. The van der Waals surface area contributed by atoms with Gasteiger partial charge < -0.3 is 15.8 Å². The fourth-order valence-corrected chi connectivity index (χ4v) is 1.21. The summed E-state index contributed by atoms with van der Waals surface area (Å²) < 4.78 is 24.9. The fraction of sp³-hybridized carbons (Fsp3) is 0.375. The van der Waals surface area contributed by atoms with Crippen molar-refractivity contribution in [2.45, 2.75) is 19.9 Å². The first-order chi connectivity index (χ1) is 6.97. The molecule has 0 unspecified atom stereocenters. The maximum atomic E-state index is 12.4. The quantitative estimate of drug-likeness (QED) is 0.617. The Morgan fingerprint density at radius 1 is 1.67 bits per heavy atom. The highest BCUT2D eigenvalue weighted by molar-refractivity contribution is 5.38. The molecule has 0 bridgehead atoms. The molecule has 0 spiro atoms. The van der Waals surface area contributed by atoms with Crippen molar-refractivity contribution in [3.8, 4) is 0 Å². The monoisotopic (exact) mass is 217 g/mol. The summed E-state index contributed by atoms with van der Waals surface area (Å²) in [4.78, 5) is 13.0. The summed E-state index contributed by atoms with van der Waals surface area (Å²) in [6, 6.07) is 1.27. The van der Waals surface area contributed by atoms with Crippen molar-refractivity contribution in [2.24, 2.45) is 5.73 Å². The average Bonchev–Trinajstić information content (AvgIpc) is 2.16. The molecule has 1 heterocycles. The number of nitrogens with two attached hydrogens (primary N) is 1. The Labute approximate surface area is 84.1 Å². The summed E-state index contributed by atoms with van der Waals surface area (Å²) >= 11 is 0. The zero-order valence-corrected chi connectivity index (χ0v) is 7.91. The lowest BCUT2D eigenvalue weighted by atomic mass is 10.1. The van der Waals surface area contributed by atoms with Crippen LogP contribution < -0.4 is 5.73 Å². The number of alkyl halides is 2. The standard InChI is InChI=1S/C8H9F2N3O2/c1-4-2-5(3-11)6(7(9)10)12-8(4)13(14)15/h2,7H,3,11H2,1H3. The van der Waals surface area contributed by atoms with Crippen molar-refractivity contribution < 1.29 is 13.7 Å². The van der Waals surface area contributed by atoms with Gasteiger partial charge in [-0.15, -0.1) is 0 Å². The van der Waals surface area contributed by atoms with Crippen LogP contribution in [0.15, 0.2) is 6.07 Å². The SMILES string of the molecule is Cc1cc(CN)c(C(F)F)nc1[N+](=O)[O-]. The second-order valence-electron chi connectivity index (χ2n) is 2.94. The molecule has 0 saturated carbocycles. The van der Waals surface area contributed by atoms with Gasteiger partial charge in [-0.3, -0.25) is 0 Å². The lowest BCUT2D eigenvalue weighted by molar-refractivity contribution is -0.390. The van der Waals surface area contributed by atoms with Crippen molar-refractivity contribution in [3.63, 3.8) is 0 Å². The van der Waals surface area contributed by atoms with Gasteiger partial charge in [0.05, 0.1) is 0 Å². The molecule has 1 aromatic heterocycles. The Balaban J connectivity index is 3.37. The van der Waals surface area contributed by atoms with Crippen LogP contribution in [0.1, 0.15) is 23.2 Å². The third kappa shape index (κ3) is 2.24. The van der Waals surface area contributed by atoms with Crippen LogP contribution >= 0.6 is 0 Å². The smallest absolute Gasteiger partial charge is 0.358 e. The van der Waals surface area contributed by atoms with Crippen LogP contribution in [-0.4, -0.2) is 9.91 Å². The van der Waals surface area contributed by atoms with Crippen molar-refractivity contribution in [1.82, 2.24) is 4.98 Å². The molecule has 0 fully saturated rings. The maximum absolute atomic E-state index is 12.4. The zero-order chi connectivity index (χ0) is 11.6. The van der Waals surface area contributed by atoms with Crippen molar-refractivity contribution >= 4 is 5.82 Å². The number of pyridine rings is 1. The van der Waals surface area contributed by atoms with E-state index in [1.54, 1.807) is 0 Å². The first-order valence-corrected chi connectivity index (χ1v) is 4.10. The predicted molar refractivity (Wildman–Crippen MR) is 48.5 cm³/mol. The van der Waals surface area contributed by atoms with Gasteiger partial charge in [-0.2, -0.15) is 0 Å². The van der Waals surface area contributed by atoms with Crippen LogP contribution in [0.3, 0.4) is 0 Å². The Hall–Kier alpha value is -1.63. The Morgan fingerprint density at radius 2 is 2.27 bits per heavy atom. The molecule has 82 valence electrons. The minimum atomic E-state index is -2.86. The molecule has 0 atom stereocenters. The van der Waals surface area contributed by atoms with E-state index in [0.717, 1.165) is 0 Å². The van der Waals surface area contributed by atoms with Crippen molar-refractivity contribution in [1.29, 1.82) is 0 Å². The fourth-order valence-electron chi connectivity index (χ4n) is 1.21. The normalized spacial score (nSPS) is 10.7. The van der Waals surface area contributed by atoms with Gasteiger partial charge in [0.2, 0.25) is 5.69 Å². The van der Waals surface area contributed by atoms with E-state index in [0.29, 0.717) is 0 Å². The van der Waals surface area contributed by atoms with Gasteiger partial charge in [-0.05, 0) is 22.9 Å². The van der Waals surface area contributed by atoms with Crippen LogP contribution in [-0.2, 0) is 6.54 Å². The molecule has 2 N–H and O–H groups in total. The first-order valence-electron chi connectivity index (χ1n) is 4.10. The zero-order valence-electron chi connectivity index (χ0n) is 7.91. The third-order valence-corrected chi connectivity index (χ3v) is 1.90. The number of hydrogen-bond donors (Lipinski definition) is 1. The van der Waals surface area contributed by atoms with Crippen LogP contribution in [0, 0.1) is 17.0 Å². The Morgan fingerprint density at radius 3 is 2.67 bits per heavy atom. The van der Waals surface area contributed by atoms with E-state index in [9.17, 15) is 18.9 Å². The number of nitrogens with zero attached hydrogens (tertiary/aromatic N) is 2. The van der Waals surface area contributed by atoms with E-state index in [2.05, 4.69) is 4.98 Å². The number of hydrogen-bond acceptors (Lipinski definition) is 4. The molecule has 7 heteroatoms. The van der Waals surface area contributed by atoms with Crippen molar-refractivity contribution in [2.75, 3.05) is 0 Å². The van der Waals surface area contributed by atoms with Gasteiger partial charge in [0, 0.05) is 17.7 Å². The minimum Gasteiger partial charge on any atom is -0.358 e. The maximum Gasteiger partial charge on any atom is 0.366 e. The highest BCUT2D eigenvalue weighted by Crippen LogP contribution is 2.25. The lowest BCUT2D eigenvalue weighted by Crippen LogP contribution is -2.08. The molecule has 0 radical (unpaired) electrons. The number of rotatable bonds is 3. The molecule has 0 aliphatic rings. The molecule has 0 aromatic carbocycles. The molecule has 0 saturated heterocycles. The second kappa shape index (κ2) is 4.26. The summed E-state index contributed by atoms with van der Waals surface area (Å²) in [6.07, 6.45) is -2.86. The topological polar surface area (TPSA) is 82.0 Å². The molecular weight excluding hydrogens is 208 g/mol.